The first-order chi connectivity index (χ1) is 15.2. The molecule has 8 heteroatoms. The minimum Gasteiger partial charge on any atom is -0.379 e. The summed E-state index contributed by atoms with van der Waals surface area (Å²) in [6.45, 7) is 5.22. The zero-order valence-electron chi connectivity index (χ0n) is 17.8. The molecule has 1 saturated heterocycles. The molecule has 5 rings (SSSR count). The van der Waals surface area contributed by atoms with Gasteiger partial charge in [0.1, 0.15) is 5.75 Å². The number of ether oxygens (including phenoxy) is 1. The van der Waals surface area contributed by atoms with E-state index in [9.17, 15) is 18.5 Å². The SMILES string of the molecule is CC1(C)C2=C(C(=O)c3ccc(OS(=O)(=O)N4CCOCC4)cc31)c1ccc(C#N)cc1C2. The monoisotopic (exact) mass is 450 g/mol. The minimum atomic E-state index is -3.96. The highest BCUT2D eigenvalue weighted by Crippen LogP contribution is 2.50. The average molecular weight is 451 g/mol. The third-order valence-corrected chi connectivity index (χ3v) is 7.95. The van der Waals surface area contributed by atoms with Crippen molar-refractivity contribution in [2.45, 2.75) is 25.7 Å². The molecule has 3 aliphatic rings. The van der Waals surface area contributed by atoms with Crippen LogP contribution in [0.1, 0.15) is 46.5 Å². The highest BCUT2D eigenvalue weighted by Gasteiger charge is 2.43. The number of ketones is 1. The Morgan fingerprint density at radius 2 is 1.81 bits per heavy atom. The van der Waals surface area contributed by atoms with Crippen LogP contribution in [0.3, 0.4) is 0 Å². The third kappa shape index (κ3) is 3.16. The van der Waals surface area contributed by atoms with Crippen LogP contribution < -0.4 is 4.18 Å². The van der Waals surface area contributed by atoms with E-state index in [1.165, 1.54) is 10.4 Å². The third-order valence-electron chi connectivity index (χ3n) is 6.55. The lowest BCUT2D eigenvalue weighted by molar-refractivity contribution is 0.0698. The highest BCUT2D eigenvalue weighted by atomic mass is 32.2. The Morgan fingerprint density at radius 1 is 1.09 bits per heavy atom. The first-order valence-corrected chi connectivity index (χ1v) is 11.8. The highest BCUT2D eigenvalue weighted by molar-refractivity contribution is 7.84. The standard InChI is InChI=1S/C24H22N2O5S/c1-24(2)20-13-17(31-32(28,29)26-7-9-30-10-8-26)4-6-19(20)23(27)22-18-5-3-15(14-25)11-16(18)12-21(22)24/h3-6,11,13H,7-10,12H2,1-2H3. The molecular formula is C24H22N2O5S. The summed E-state index contributed by atoms with van der Waals surface area (Å²) in [4.78, 5) is 13.4. The van der Waals surface area contributed by atoms with Gasteiger partial charge in [-0.1, -0.05) is 19.9 Å². The van der Waals surface area contributed by atoms with Gasteiger partial charge in [-0.05, 0) is 59.0 Å². The average Bonchev–Trinajstić information content (AvgIpc) is 3.18. The van der Waals surface area contributed by atoms with Crippen molar-refractivity contribution in [1.29, 1.82) is 5.26 Å². The maximum atomic E-state index is 13.4. The van der Waals surface area contributed by atoms with Gasteiger partial charge in [-0.25, -0.2) is 0 Å². The largest absolute Gasteiger partial charge is 0.385 e. The number of carbonyl (C=O) groups excluding carboxylic acids is 1. The second-order valence-electron chi connectivity index (χ2n) is 8.73. The molecule has 0 radical (unpaired) electrons. The van der Waals surface area contributed by atoms with E-state index in [4.69, 9.17) is 8.92 Å². The number of fused-ring (bicyclic) bond motifs is 3. The molecule has 1 fully saturated rings. The van der Waals surface area contributed by atoms with Gasteiger partial charge in [-0.3, -0.25) is 4.79 Å². The number of nitrogens with zero attached hydrogens (tertiary/aromatic N) is 2. The summed E-state index contributed by atoms with van der Waals surface area (Å²) >= 11 is 0. The van der Waals surface area contributed by atoms with Gasteiger partial charge in [0.05, 0.1) is 24.8 Å². The molecule has 0 saturated carbocycles. The van der Waals surface area contributed by atoms with Crippen LogP contribution in [-0.2, 0) is 26.9 Å². The van der Waals surface area contributed by atoms with Crippen molar-refractivity contribution in [2.75, 3.05) is 26.3 Å². The summed E-state index contributed by atoms with van der Waals surface area (Å²) in [6, 6.07) is 12.4. The van der Waals surface area contributed by atoms with Crippen molar-refractivity contribution in [1.82, 2.24) is 4.31 Å². The summed E-state index contributed by atoms with van der Waals surface area (Å²) in [5, 5.41) is 9.24. The Morgan fingerprint density at radius 3 is 2.53 bits per heavy atom. The molecule has 164 valence electrons. The molecule has 32 heavy (non-hydrogen) atoms. The Labute approximate surface area is 187 Å². The molecular weight excluding hydrogens is 428 g/mol. The Bertz CT molecular complexity index is 1330. The number of nitriles is 1. The van der Waals surface area contributed by atoms with Crippen LogP contribution in [0.15, 0.2) is 42.0 Å². The van der Waals surface area contributed by atoms with Crippen LogP contribution in [0.2, 0.25) is 0 Å². The summed E-state index contributed by atoms with van der Waals surface area (Å²) in [6.07, 6.45) is 0.579. The van der Waals surface area contributed by atoms with E-state index in [2.05, 4.69) is 6.07 Å². The van der Waals surface area contributed by atoms with E-state index in [-0.39, 0.29) is 24.6 Å². The molecule has 2 aromatic rings. The fraction of sp³-hybridized carbons (Fsp3) is 0.333. The molecule has 0 bridgehead atoms. The van der Waals surface area contributed by atoms with E-state index in [1.54, 1.807) is 18.2 Å². The quantitative estimate of drug-likeness (QED) is 0.713. The number of benzene rings is 2. The number of hydrogen-bond acceptors (Lipinski definition) is 6. The lowest BCUT2D eigenvalue weighted by Gasteiger charge is -2.34. The first kappa shape index (κ1) is 20.9. The predicted molar refractivity (Wildman–Crippen MR) is 118 cm³/mol. The maximum absolute atomic E-state index is 13.4. The van der Waals surface area contributed by atoms with Crippen molar-refractivity contribution >= 4 is 21.7 Å². The Hall–Kier alpha value is -2.99. The fourth-order valence-corrected chi connectivity index (χ4v) is 5.87. The smallest absolute Gasteiger partial charge is 0.379 e. The van der Waals surface area contributed by atoms with Gasteiger partial charge in [0.25, 0.3) is 0 Å². The maximum Gasteiger partial charge on any atom is 0.385 e. The summed E-state index contributed by atoms with van der Waals surface area (Å²) in [5.41, 5.74) is 4.85. The fourth-order valence-electron chi connectivity index (χ4n) is 4.82. The van der Waals surface area contributed by atoms with Gasteiger partial charge >= 0.3 is 10.3 Å². The predicted octanol–water partition coefficient (Wildman–Crippen LogP) is 3.00. The van der Waals surface area contributed by atoms with Crippen LogP contribution in [0.5, 0.6) is 5.75 Å². The van der Waals surface area contributed by atoms with Crippen molar-refractivity contribution in [3.8, 4) is 11.8 Å². The van der Waals surface area contributed by atoms with Gasteiger partial charge < -0.3 is 8.92 Å². The molecule has 0 atom stereocenters. The molecule has 0 unspecified atom stereocenters. The second-order valence-corrected chi connectivity index (χ2v) is 10.3. The molecule has 0 aromatic heterocycles. The Kier molecular flexibility index (Phi) is 4.75. The summed E-state index contributed by atoms with van der Waals surface area (Å²) < 4.78 is 37.3. The molecule has 0 N–H and O–H groups in total. The molecule has 2 aromatic carbocycles. The number of Topliss-reactive ketones (excluding diaryl/α,β-unsaturated/α-hetero) is 1. The van der Waals surface area contributed by atoms with Crippen LogP contribution in [0.25, 0.3) is 5.57 Å². The van der Waals surface area contributed by atoms with Crippen molar-refractivity contribution in [3.63, 3.8) is 0 Å². The molecule has 2 aliphatic carbocycles. The molecule has 0 amide bonds. The van der Waals surface area contributed by atoms with E-state index >= 15 is 0 Å². The summed E-state index contributed by atoms with van der Waals surface area (Å²) in [7, 11) is -3.96. The number of allylic oxidation sites excluding steroid dienone is 2. The molecule has 7 nitrogen and oxygen atoms in total. The summed E-state index contributed by atoms with van der Waals surface area (Å²) in [5.74, 6) is 0.0998. The van der Waals surface area contributed by atoms with Gasteiger partial charge in [-0.15, -0.1) is 0 Å². The minimum absolute atomic E-state index is 0.0830. The van der Waals surface area contributed by atoms with Crippen molar-refractivity contribution in [2.24, 2.45) is 0 Å². The number of morpholine rings is 1. The van der Waals surface area contributed by atoms with E-state index in [0.717, 1.165) is 22.3 Å². The van der Waals surface area contributed by atoms with Gasteiger partial charge in [0, 0.05) is 29.6 Å². The number of carbonyl (C=O) groups is 1. The number of hydrogen-bond donors (Lipinski definition) is 0. The van der Waals surface area contributed by atoms with Crippen LogP contribution >= 0.6 is 0 Å². The van der Waals surface area contributed by atoms with Crippen LogP contribution in [0, 0.1) is 11.3 Å². The van der Waals surface area contributed by atoms with Gasteiger partial charge in [0.2, 0.25) is 0 Å². The van der Waals surface area contributed by atoms with E-state index < -0.39 is 15.7 Å². The normalized spacial score (nSPS) is 19.7. The van der Waals surface area contributed by atoms with Crippen molar-refractivity contribution in [3.05, 3.63) is 69.8 Å². The number of rotatable bonds is 3. The Balaban J connectivity index is 1.52. The van der Waals surface area contributed by atoms with Gasteiger partial charge in [-0.2, -0.15) is 18.0 Å². The molecule has 0 spiro atoms. The lowest BCUT2D eigenvalue weighted by atomic mass is 9.68. The zero-order valence-corrected chi connectivity index (χ0v) is 18.7. The molecule has 1 aliphatic heterocycles. The van der Waals surface area contributed by atoms with Gasteiger partial charge in [0.15, 0.2) is 5.78 Å². The van der Waals surface area contributed by atoms with E-state index in [1.807, 2.05) is 26.0 Å². The topological polar surface area (TPSA) is 96.7 Å². The zero-order chi connectivity index (χ0) is 22.7. The molecule has 1 heterocycles. The van der Waals surface area contributed by atoms with Crippen molar-refractivity contribution < 1.29 is 22.1 Å². The van der Waals surface area contributed by atoms with Crippen LogP contribution in [0.4, 0.5) is 0 Å². The lowest BCUT2D eigenvalue weighted by Crippen LogP contribution is -2.42. The van der Waals surface area contributed by atoms with Crippen LogP contribution in [-0.4, -0.2) is 44.8 Å². The first-order valence-electron chi connectivity index (χ1n) is 10.5. The van der Waals surface area contributed by atoms with E-state index in [0.29, 0.717) is 36.3 Å². The second kappa shape index (κ2) is 7.27.